The molecule has 0 amide bonds. The van der Waals surface area contributed by atoms with Crippen molar-refractivity contribution in [3.05, 3.63) is 70.8 Å². The van der Waals surface area contributed by atoms with Gasteiger partial charge in [0.25, 0.3) is 0 Å². The Morgan fingerprint density at radius 2 is 0.893 bits per heavy atom. The maximum absolute atomic E-state index is 12.2. The molecule has 150 valence electrons. The number of hydrogen-bond donors (Lipinski definition) is 1. The van der Waals surface area contributed by atoms with Crippen LogP contribution in [0.25, 0.3) is 0 Å². The van der Waals surface area contributed by atoms with Gasteiger partial charge in [-0.05, 0) is 49.9 Å². The Kier molecular flexibility index (Phi) is 4.67. The largest absolute Gasteiger partial charge is 0.391 e. The molecule has 28 heavy (non-hydrogen) atoms. The third-order valence-corrected chi connectivity index (χ3v) is 7.09. The van der Waals surface area contributed by atoms with Gasteiger partial charge in [0.05, 0.1) is 6.10 Å². The van der Waals surface area contributed by atoms with Gasteiger partial charge in [-0.2, -0.15) is 0 Å². The normalized spacial score (nSPS) is 22.8. The number of aliphatic hydroxyl groups excluding tert-OH is 1. The van der Waals surface area contributed by atoms with Gasteiger partial charge in [0.15, 0.2) is 5.78 Å². The van der Waals surface area contributed by atoms with E-state index in [0.29, 0.717) is 5.78 Å². The topological polar surface area (TPSA) is 37.3 Å². The highest BCUT2D eigenvalue weighted by Crippen LogP contribution is 2.49. The van der Waals surface area contributed by atoms with Crippen molar-refractivity contribution in [3.63, 3.8) is 0 Å². The molecule has 4 rings (SSSR count). The van der Waals surface area contributed by atoms with Crippen molar-refractivity contribution in [2.75, 3.05) is 0 Å². The summed E-state index contributed by atoms with van der Waals surface area (Å²) >= 11 is 0. The Morgan fingerprint density at radius 3 is 1.21 bits per heavy atom. The van der Waals surface area contributed by atoms with Crippen LogP contribution in [0.2, 0.25) is 0 Å². The Labute approximate surface area is 170 Å². The molecule has 2 aliphatic rings. The minimum Gasteiger partial charge on any atom is -0.391 e. The molecular formula is C26H34O2. The molecule has 0 aromatic heterocycles. The predicted molar refractivity (Wildman–Crippen MR) is 116 cm³/mol. The van der Waals surface area contributed by atoms with Crippen molar-refractivity contribution in [2.45, 2.75) is 83.2 Å². The summed E-state index contributed by atoms with van der Waals surface area (Å²) in [5.41, 5.74) is 4.07. The minimum absolute atomic E-state index is 0.125. The average Bonchev–Trinajstić information content (AvgIpc) is 2.88. The summed E-state index contributed by atoms with van der Waals surface area (Å²) < 4.78 is 0. The molecule has 0 radical (unpaired) electrons. The lowest BCUT2D eigenvalue weighted by Gasteiger charge is -2.31. The zero-order valence-electron chi connectivity index (χ0n) is 18.6. The van der Waals surface area contributed by atoms with Crippen LogP contribution >= 0.6 is 0 Å². The van der Waals surface area contributed by atoms with Crippen LogP contribution in [0.15, 0.2) is 48.5 Å². The molecule has 0 heterocycles. The van der Waals surface area contributed by atoms with Crippen molar-refractivity contribution in [2.24, 2.45) is 0 Å². The molecule has 2 heteroatoms. The predicted octanol–water partition coefficient (Wildman–Crippen LogP) is 5.44. The van der Waals surface area contributed by atoms with Crippen molar-refractivity contribution >= 4 is 5.78 Å². The van der Waals surface area contributed by atoms with Crippen LogP contribution in [0.4, 0.5) is 0 Å². The maximum atomic E-state index is 12.2. The molecule has 2 aliphatic carbocycles. The first-order chi connectivity index (χ1) is 12.8. The second-order valence-electron chi connectivity index (χ2n) is 10.5. The highest BCUT2D eigenvalue weighted by atomic mass is 16.3. The summed E-state index contributed by atoms with van der Waals surface area (Å²) in [6.45, 7) is 16.5. The lowest BCUT2D eigenvalue weighted by molar-refractivity contribution is -0.126. The second-order valence-corrected chi connectivity index (χ2v) is 10.5. The molecule has 2 aromatic carbocycles. The monoisotopic (exact) mass is 378 g/mol. The van der Waals surface area contributed by atoms with Gasteiger partial charge in [0.1, 0.15) is 0 Å². The zero-order chi connectivity index (χ0) is 21.1. The minimum atomic E-state index is -0.319. The molecule has 0 bridgehead atoms. The number of Topliss-reactive ketones (excluding diaryl/α,β-unsaturated/α-hetero) is 1. The number of aliphatic hydroxyl groups is 1. The van der Waals surface area contributed by atoms with Gasteiger partial charge in [-0.1, -0.05) is 76.2 Å². The standard InChI is InChI=1S/C13H18O.C13H16O/c2*1-12(2)9-7-5-6-8-10(9)13(3,4)11(12)14/h5-8,11,14H,1-4H3;5-8H,1-4H3. The van der Waals surface area contributed by atoms with Crippen LogP contribution in [-0.2, 0) is 26.5 Å². The number of rotatable bonds is 0. The van der Waals surface area contributed by atoms with E-state index in [4.69, 9.17) is 0 Å². The van der Waals surface area contributed by atoms with Crippen LogP contribution in [0, 0.1) is 0 Å². The maximum Gasteiger partial charge on any atom is 0.152 e. The summed E-state index contributed by atoms with van der Waals surface area (Å²) in [5, 5.41) is 10.3. The Morgan fingerprint density at radius 1 is 0.607 bits per heavy atom. The van der Waals surface area contributed by atoms with E-state index in [1.165, 1.54) is 22.3 Å². The van der Waals surface area contributed by atoms with Gasteiger partial charge >= 0.3 is 0 Å². The fraction of sp³-hybridized carbons (Fsp3) is 0.500. The fourth-order valence-electron chi connectivity index (χ4n) is 5.40. The van der Waals surface area contributed by atoms with Gasteiger partial charge < -0.3 is 5.11 Å². The van der Waals surface area contributed by atoms with E-state index >= 15 is 0 Å². The third-order valence-electron chi connectivity index (χ3n) is 7.09. The molecule has 0 saturated carbocycles. The second kappa shape index (κ2) is 6.29. The smallest absolute Gasteiger partial charge is 0.152 e. The average molecular weight is 379 g/mol. The summed E-state index contributed by atoms with van der Waals surface area (Å²) in [7, 11) is 0. The number of benzene rings is 2. The first kappa shape index (κ1) is 20.8. The van der Waals surface area contributed by atoms with Crippen molar-refractivity contribution < 1.29 is 9.90 Å². The molecule has 0 spiro atoms. The summed E-state index contributed by atoms with van der Waals surface area (Å²) in [6, 6.07) is 16.5. The van der Waals surface area contributed by atoms with E-state index in [1.54, 1.807) is 0 Å². The van der Waals surface area contributed by atoms with Crippen molar-refractivity contribution in [1.82, 2.24) is 0 Å². The molecule has 1 N–H and O–H groups in total. The third kappa shape index (κ3) is 2.76. The van der Waals surface area contributed by atoms with Crippen LogP contribution in [0.1, 0.15) is 77.6 Å². The summed E-state index contributed by atoms with van der Waals surface area (Å²) in [5.74, 6) is 0.325. The molecule has 0 atom stereocenters. The first-order valence-electron chi connectivity index (χ1n) is 10.2. The molecule has 0 unspecified atom stereocenters. The number of hydrogen-bond acceptors (Lipinski definition) is 2. The molecule has 0 saturated heterocycles. The molecular weight excluding hydrogens is 344 g/mol. The van der Waals surface area contributed by atoms with Crippen molar-refractivity contribution in [3.8, 4) is 0 Å². The summed E-state index contributed by atoms with van der Waals surface area (Å²) in [4.78, 5) is 12.2. The number of carbonyl (C=O) groups excluding carboxylic acids is 1. The van der Waals surface area contributed by atoms with Gasteiger partial charge in [0.2, 0.25) is 0 Å². The van der Waals surface area contributed by atoms with E-state index < -0.39 is 0 Å². The lowest BCUT2D eigenvalue weighted by Crippen LogP contribution is -2.39. The van der Waals surface area contributed by atoms with Gasteiger partial charge in [-0.3, -0.25) is 4.79 Å². The molecule has 2 aromatic rings. The van der Waals surface area contributed by atoms with E-state index in [2.05, 4.69) is 64.1 Å². The van der Waals surface area contributed by atoms with Gasteiger partial charge in [-0.15, -0.1) is 0 Å². The summed E-state index contributed by atoms with van der Waals surface area (Å²) in [6.07, 6.45) is -0.299. The highest BCUT2D eigenvalue weighted by molar-refractivity contribution is 6.02. The molecule has 2 nitrogen and oxygen atoms in total. The number of ketones is 1. The SMILES string of the molecule is CC1(C)C(=O)C(C)(C)c2ccccc21.CC1(C)c2ccccc2C(C)(C)C1O. The Hall–Kier alpha value is -1.93. The highest BCUT2D eigenvalue weighted by Gasteiger charge is 2.50. The molecule has 0 fully saturated rings. The Balaban J connectivity index is 0.000000161. The van der Waals surface area contributed by atoms with Gasteiger partial charge in [-0.25, -0.2) is 0 Å². The van der Waals surface area contributed by atoms with Crippen molar-refractivity contribution in [1.29, 1.82) is 0 Å². The van der Waals surface area contributed by atoms with E-state index in [1.807, 2.05) is 39.8 Å². The van der Waals surface area contributed by atoms with Crippen LogP contribution in [-0.4, -0.2) is 17.0 Å². The number of fused-ring (bicyclic) bond motifs is 2. The quantitative estimate of drug-likeness (QED) is 0.663. The van der Waals surface area contributed by atoms with Crippen LogP contribution in [0.5, 0.6) is 0 Å². The fourth-order valence-corrected chi connectivity index (χ4v) is 5.40. The zero-order valence-corrected chi connectivity index (χ0v) is 18.6. The van der Waals surface area contributed by atoms with E-state index in [0.717, 1.165) is 0 Å². The first-order valence-corrected chi connectivity index (χ1v) is 10.2. The van der Waals surface area contributed by atoms with Gasteiger partial charge in [0, 0.05) is 21.7 Å². The molecule has 0 aliphatic heterocycles. The lowest BCUT2D eigenvalue weighted by atomic mass is 9.78. The van der Waals surface area contributed by atoms with Crippen LogP contribution < -0.4 is 0 Å². The van der Waals surface area contributed by atoms with E-state index in [9.17, 15) is 9.90 Å². The number of carbonyl (C=O) groups is 1. The van der Waals surface area contributed by atoms with Crippen LogP contribution in [0.3, 0.4) is 0 Å². The Bertz CT molecular complexity index is 844. The van der Waals surface area contributed by atoms with E-state index in [-0.39, 0.29) is 27.8 Å².